The number of hydrogen-bond acceptors (Lipinski definition) is 4. The topological polar surface area (TPSA) is 42.1 Å². The van der Waals surface area contributed by atoms with E-state index in [4.69, 9.17) is 5.73 Å². The molecule has 0 unspecified atom stereocenters. The highest BCUT2D eigenvalue weighted by atomic mass is 32.1. The Morgan fingerprint density at radius 1 is 1.50 bits per heavy atom. The van der Waals surface area contributed by atoms with Crippen LogP contribution < -0.4 is 10.6 Å². The number of nitrogens with zero attached hydrogens (tertiary/aromatic N) is 2. The van der Waals surface area contributed by atoms with Crippen molar-refractivity contribution in [1.82, 2.24) is 4.98 Å². The summed E-state index contributed by atoms with van der Waals surface area (Å²) in [7, 11) is 0. The van der Waals surface area contributed by atoms with E-state index in [2.05, 4.69) is 9.88 Å². The number of hydrogen-bond donors (Lipinski definition) is 1. The monoisotopic (exact) mass is 183 g/mol. The molecule has 2 heterocycles. The van der Waals surface area contributed by atoms with Gasteiger partial charge in [-0.1, -0.05) is 0 Å². The molecule has 2 rings (SSSR count). The number of nitrogens with two attached hydrogens (primary N) is 1. The second-order valence-electron chi connectivity index (χ2n) is 3.02. The third-order valence-corrected chi connectivity index (χ3v) is 3.08. The largest absolute Gasteiger partial charge is 0.348 e. The standard InChI is InChI=1S/C8H13N3S/c9-5-7-6-12-8(10-7)11-3-1-2-4-11/h6H,1-5,9H2. The quantitative estimate of drug-likeness (QED) is 0.749. The van der Waals surface area contributed by atoms with Gasteiger partial charge in [0.05, 0.1) is 5.69 Å². The summed E-state index contributed by atoms with van der Waals surface area (Å²) < 4.78 is 0. The van der Waals surface area contributed by atoms with Gasteiger partial charge in [0.2, 0.25) is 0 Å². The van der Waals surface area contributed by atoms with Gasteiger partial charge in [0.1, 0.15) is 0 Å². The Balaban J connectivity index is 2.11. The molecule has 2 N–H and O–H groups in total. The Bertz CT molecular complexity index is 253. The summed E-state index contributed by atoms with van der Waals surface area (Å²) in [5.41, 5.74) is 6.50. The van der Waals surface area contributed by atoms with Crippen LogP contribution in [0.25, 0.3) is 0 Å². The second-order valence-corrected chi connectivity index (χ2v) is 3.86. The average Bonchev–Trinajstić information content (AvgIpc) is 2.75. The lowest BCUT2D eigenvalue weighted by molar-refractivity contribution is 0.933. The summed E-state index contributed by atoms with van der Waals surface area (Å²) in [6.07, 6.45) is 2.61. The van der Waals surface area contributed by atoms with Crippen molar-refractivity contribution in [3.05, 3.63) is 11.1 Å². The lowest BCUT2D eigenvalue weighted by atomic mass is 10.4. The van der Waals surface area contributed by atoms with E-state index in [-0.39, 0.29) is 0 Å². The third-order valence-electron chi connectivity index (χ3n) is 2.13. The minimum Gasteiger partial charge on any atom is -0.348 e. The van der Waals surface area contributed by atoms with E-state index in [1.165, 1.54) is 12.8 Å². The fourth-order valence-electron chi connectivity index (χ4n) is 1.44. The molecular weight excluding hydrogens is 170 g/mol. The molecule has 1 aromatic rings. The van der Waals surface area contributed by atoms with Crippen LogP contribution in [-0.4, -0.2) is 18.1 Å². The molecule has 12 heavy (non-hydrogen) atoms. The van der Waals surface area contributed by atoms with Crippen LogP contribution in [0, 0.1) is 0 Å². The lowest BCUT2D eigenvalue weighted by Gasteiger charge is -2.11. The van der Waals surface area contributed by atoms with Crippen molar-refractivity contribution in [2.45, 2.75) is 19.4 Å². The van der Waals surface area contributed by atoms with Crippen LogP contribution >= 0.6 is 11.3 Å². The molecule has 0 bridgehead atoms. The summed E-state index contributed by atoms with van der Waals surface area (Å²) in [6.45, 7) is 2.89. The predicted octanol–water partition coefficient (Wildman–Crippen LogP) is 1.20. The molecular formula is C8H13N3S. The zero-order valence-electron chi connectivity index (χ0n) is 6.99. The highest BCUT2D eigenvalue weighted by Crippen LogP contribution is 2.23. The summed E-state index contributed by atoms with van der Waals surface area (Å²) in [5, 5.41) is 3.20. The molecule has 1 aliphatic rings. The molecule has 1 saturated heterocycles. The van der Waals surface area contributed by atoms with Gasteiger partial charge in [-0.05, 0) is 12.8 Å². The Labute approximate surface area is 76.2 Å². The molecule has 1 aromatic heterocycles. The van der Waals surface area contributed by atoms with E-state index < -0.39 is 0 Å². The first-order valence-corrected chi connectivity index (χ1v) is 5.17. The van der Waals surface area contributed by atoms with Crippen molar-refractivity contribution in [1.29, 1.82) is 0 Å². The third kappa shape index (κ3) is 1.44. The smallest absolute Gasteiger partial charge is 0.185 e. The highest BCUT2D eigenvalue weighted by molar-refractivity contribution is 7.13. The van der Waals surface area contributed by atoms with Gasteiger partial charge >= 0.3 is 0 Å². The Morgan fingerprint density at radius 3 is 2.83 bits per heavy atom. The fraction of sp³-hybridized carbons (Fsp3) is 0.625. The van der Waals surface area contributed by atoms with Gasteiger partial charge in [-0.3, -0.25) is 0 Å². The Kier molecular flexibility index (Phi) is 2.28. The maximum atomic E-state index is 5.49. The maximum absolute atomic E-state index is 5.49. The van der Waals surface area contributed by atoms with Crippen LogP contribution in [0.1, 0.15) is 18.5 Å². The van der Waals surface area contributed by atoms with Gasteiger partial charge in [0.25, 0.3) is 0 Å². The van der Waals surface area contributed by atoms with Crippen molar-refractivity contribution in [2.75, 3.05) is 18.0 Å². The van der Waals surface area contributed by atoms with E-state index in [9.17, 15) is 0 Å². The molecule has 0 amide bonds. The molecule has 0 radical (unpaired) electrons. The van der Waals surface area contributed by atoms with Crippen molar-refractivity contribution in [3.8, 4) is 0 Å². The molecule has 1 fully saturated rings. The van der Waals surface area contributed by atoms with Gasteiger partial charge < -0.3 is 10.6 Å². The Hall–Kier alpha value is -0.610. The zero-order chi connectivity index (χ0) is 8.39. The number of anilines is 1. The highest BCUT2D eigenvalue weighted by Gasteiger charge is 2.14. The van der Waals surface area contributed by atoms with Crippen LogP contribution in [0.4, 0.5) is 5.13 Å². The van der Waals surface area contributed by atoms with Crippen LogP contribution in [0.5, 0.6) is 0 Å². The fourth-order valence-corrected chi connectivity index (χ4v) is 2.34. The zero-order valence-corrected chi connectivity index (χ0v) is 7.81. The number of rotatable bonds is 2. The summed E-state index contributed by atoms with van der Waals surface area (Å²) in [6, 6.07) is 0. The van der Waals surface area contributed by atoms with E-state index in [1.54, 1.807) is 11.3 Å². The van der Waals surface area contributed by atoms with Gasteiger partial charge in [-0.2, -0.15) is 0 Å². The van der Waals surface area contributed by atoms with Crippen LogP contribution in [0.3, 0.4) is 0 Å². The molecule has 3 nitrogen and oxygen atoms in total. The van der Waals surface area contributed by atoms with Crippen molar-refractivity contribution in [3.63, 3.8) is 0 Å². The molecule has 0 spiro atoms. The van der Waals surface area contributed by atoms with Crippen molar-refractivity contribution < 1.29 is 0 Å². The lowest BCUT2D eigenvalue weighted by Crippen LogP contribution is -2.17. The summed E-state index contributed by atoms with van der Waals surface area (Å²) in [5.74, 6) is 0. The normalized spacial score (nSPS) is 17.2. The van der Waals surface area contributed by atoms with E-state index >= 15 is 0 Å². The number of thiazole rings is 1. The van der Waals surface area contributed by atoms with Gasteiger partial charge in [-0.15, -0.1) is 11.3 Å². The first-order valence-electron chi connectivity index (χ1n) is 4.29. The summed E-state index contributed by atoms with van der Waals surface area (Å²) in [4.78, 5) is 6.77. The van der Waals surface area contributed by atoms with Crippen LogP contribution in [0.15, 0.2) is 5.38 Å². The first kappa shape index (κ1) is 8.01. The minimum absolute atomic E-state index is 0.560. The van der Waals surface area contributed by atoms with Crippen molar-refractivity contribution >= 4 is 16.5 Å². The summed E-state index contributed by atoms with van der Waals surface area (Å²) >= 11 is 1.71. The van der Waals surface area contributed by atoms with Crippen molar-refractivity contribution in [2.24, 2.45) is 5.73 Å². The molecule has 0 aliphatic carbocycles. The Morgan fingerprint density at radius 2 is 2.25 bits per heavy atom. The first-order chi connectivity index (χ1) is 5.90. The van der Waals surface area contributed by atoms with Crippen LogP contribution in [-0.2, 0) is 6.54 Å². The number of aromatic nitrogens is 1. The van der Waals surface area contributed by atoms with E-state index in [1.807, 2.05) is 5.38 Å². The van der Waals surface area contributed by atoms with E-state index in [0.717, 1.165) is 23.9 Å². The van der Waals surface area contributed by atoms with Gasteiger partial charge in [-0.25, -0.2) is 4.98 Å². The van der Waals surface area contributed by atoms with Gasteiger partial charge in [0.15, 0.2) is 5.13 Å². The SMILES string of the molecule is NCc1csc(N2CCCC2)n1. The second kappa shape index (κ2) is 3.41. The maximum Gasteiger partial charge on any atom is 0.185 e. The van der Waals surface area contributed by atoms with Gasteiger partial charge in [0, 0.05) is 25.0 Å². The molecule has 0 aromatic carbocycles. The minimum atomic E-state index is 0.560. The average molecular weight is 183 g/mol. The predicted molar refractivity (Wildman–Crippen MR) is 51.5 cm³/mol. The molecule has 0 atom stereocenters. The molecule has 0 saturated carbocycles. The molecule has 4 heteroatoms. The van der Waals surface area contributed by atoms with E-state index in [0.29, 0.717) is 6.54 Å². The van der Waals surface area contributed by atoms with Crippen LogP contribution in [0.2, 0.25) is 0 Å². The molecule has 1 aliphatic heterocycles. The molecule has 66 valence electrons.